The average molecular weight is 669 g/mol. The number of thiophene rings is 2. The zero-order valence-electron chi connectivity index (χ0n) is 26.5. The number of fused-ring (bicyclic) bond motifs is 2. The molecule has 4 aliphatic heterocycles. The highest BCUT2D eigenvalue weighted by Gasteiger charge is 2.35. The Morgan fingerprint density at radius 1 is 0.604 bits per heavy atom. The summed E-state index contributed by atoms with van der Waals surface area (Å²) in [6, 6.07) is 24.8. The number of benzene rings is 2. The first kappa shape index (κ1) is 31.4. The molecule has 4 aromatic rings. The van der Waals surface area contributed by atoms with E-state index in [2.05, 4.69) is 70.9 Å². The number of hydrogen-bond donors (Lipinski definition) is 2. The first-order chi connectivity index (χ1) is 23.5. The van der Waals surface area contributed by atoms with Crippen LogP contribution >= 0.6 is 22.7 Å². The number of dihydropyridines is 2. The van der Waals surface area contributed by atoms with Crippen molar-refractivity contribution in [2.45, 2.75) is 24.9 Å². The SMILES string of the molecule is C=C1C=CC(C(=O)N2CCc3sccc3[C@@H]2c2ccccc2)=CN1.C=C1C=CC(C(=O)N2CCc3sccc3[C@H]2c2ccccc2)=CN1. The topological polar surface area (TPSA) is 64.7 Å². The van der Waals surface area contributed by atoms with Gasteiger partial charge in [-0.2, -0.15) is 0 Å². The number of hydrogen-bond acceptors (Lipinski definition) is 6. The third kappa shape index (κ3) is 6.37. The van der Waals surface area contributed by atoms with Crippen molar-refractivity contribution in [1.29, 1.82) is 0 Å². The van der Waals surface area contributed by atoms with Crippen molar-refractivity contribution in [3.05, 3.63) is 188 Å². The predicted molar refractivity (Wildman–Crippen MR) is 195 cm³/mol. The predicted octanol–water partition coefficient (Wildman–Crippen LogP) is 7.56. The van der Waals surface area contributed by atoms with Crippen molar-refractivity contribution in [2.75, 3.05) is 13.1 Å². The van der Waals surface area contributed by atoms with Crippen LogP contribution in [-0.2, 0) is 22.4 Å². The molecule has 6 heterocycles. The van der Waals surface area contributed by atoms with Gasteiger partial charge in [-0.05, 0) is 82.3 Å². The Morgan fingerprint density at radius 2 is 1.02 bits per heavy atom. The standard InChI is InChI=1S/2C20H18N2OS/c2*1-14-7-8-16(13-21-14)20(23)22-11-9-18-17(10-12-24-18)19(22)15-5-3-2-4-6-15/h2*2-8,10,12-13,19,21H,1,9,11H2/t2*19-/m10/s1. The summed E-state index contributed by atoms with van der Waals surface area (Å²) in [6.07, 6.45) is 12.7. The third-order valence-electron chi connectivity index (χ3n) is 8.93. The maximum absolute atomic E-state index is 13.1. The Hall–Kier alpha value is -5.18. The molecule has 4 aliphatic rings. The molecule has 0 radical (unpaired) electrons. The number of rotatable bonds is 4. The van der Waals surface area contributed by atoms with E-state index in [1.54, 1.807) is 35.1 Å². The van der Waals surface area contributed by atoms with Gasteiger partial charge >= 0.3 is 0 Å². The summed E-state index contributed by atoms with van der Waals surface area (Å²) in [5, 5.41) is 10.3. The van der Waals surface area contributed by atoms with E-state index in [1.165, 1.54) is 20.9 Å². The summed E-state index contributed by atoms with van der Waals surface area (Å²) in [5.74, 6) is 0.105. The van der Waals surface area contributed by atoms with E-state index in [9.17, 15) is 9.59 Å². The van der Waals surface area contributed by atoms with Crippen molar-refractivity contribution in [2.24, 2.45) is 0 Å². The summed E-state index contributed by atoms with van der Waals surface area (Å²) in [4.78, 5) is 33.0. The Morgan fingerprint density at radius 3 is 1.40 bits per heavy atom. The molecule has 6 nitrogen and oxygen atoms in total. The number of allylic oxidation sites excluding steroid dienone is 2. The minimum atomic E-state index is -0.0203. The highest BCUT2D eigenvalue weighted by molar-refractivity contribution is 7.10. The van der Waals surface area contributed by atoms with E-state index < -0.39 is 0 Å². The van der Waals surface area contributed by atoms with Crippen LogP contribution in [0.3, 0.4) is 0 Å². The molecular formula is C40H36N4O2S2. The zero-order chi connectivity index (χ0) is 33.0. The molecule has 0 saturated heterocycles. The van der Waals surface area contributed by atoms with E-state index in [0.29, 0.717) is 11.1 Å². The van der Waals surface area contributed by atoms with Crippen molar-refractivity contribution >= 4 is 34.5 Å². The molecule has 0 bridgehead atoms. The van der Waals surface area contributed by atoms with E-state index in [-0.39, 0.29) is 23.9 Å². The molecule has 0 saturated carbocycles. The van der Waals surface area contributed by atoms with Crippen molar-refractivity contribution in [3.63, 3.8) is 0 Å². The lowest BCUT2D eigenvalue weighted by Crippen LogP contribution is -2.41. The molecule has 2 aromatic heterocycles. The van der Waals surface area contributed by atoms with Gasteiger partial charge in [-0.3, -0.25) is 9.59 Å². The van der Waals surface area contributed by atoms with Crippen LogP contribution in [0.2, 0.25) is 0 Å². The van der Waals surface area contributed by atoms with Gasteiger partial charge in [-0.15, -0.1) is 22.7 Å². The quantitative estimate of drug-likeness (QED) is 0.236. The molecule has 2 aromatic carbocycles. The number of carbonyl (C=O) groups is 2. The van der Waals surface area contributed by atoms with Gasteiger partial charge < -0.3 is 20.4 Å². The summed E-state index contributed by atoms with van der Waals surface area (Å²) < 4.78 is 0. The zero-order valence-corrected chi connectivity index (χ0v) is 28.1. The maximum atomic E-state index is 13.1. The summed E-state index contributed by atoms with van der Waals surface area (Å²) in [7, 11) is 0. The maximum Gasteiger partial charge on any atom is 0.256 e. The van der Waals surface area contributed by atoms with Gasteiger partial charge in [0.25, 0.3) is 11.8 Å². The van der Waals surface area contributed by atoms with Gasteiger partial charge in [-0.25, -0.2) is 0 Å². The molecule has 48 heavy (non-hydrogen) atoms. The number of nitrogens with one attached hydrogen (secondary N) is 2. The van der Waals surface area contributed by atoms with Gasteiger partial charge in [-0.1, -0.05) is 73.8 Å². The van der Waals surface area contributed by atoms with Crippen LogP contribution in [0.4, 0.5) is 0 Å². The van der Waals surface area contributed by atoms with Crippen LogP contribution < -0.4 is 10.6 Å². The van der Waals surface area contributed by atoms with Crippen molar-refractivity contribution in [3.8, 4) is 0 Å². The summed E-state index contributed by atoms with van der Waals surface area (Å²) in [5.41, 5.74) is 7.75. The van der Waals surface area contributed by atoms with Gasteiger partial charge in [0, 0.05) is 46.6 Å². The molecule has 0 aliphatic carbocycles. The second-order valence-corrected chi connectivity index (χ2v) is 13.9. The molecule has 0 unspecified atom stereocenters. The van der Waals surface area contributed by atoms with Gasteiger partial charge in [0.05, 0.1) is 23.2 Å². The van der Waals surface area contributed by atoms with E-state index in [4.69, 9.17) is 0 Å². The van der Waals surface area contributed by atoms with Crippen molar-refractivity contribution in [1.82, 2.24) is 20.4 Å². The lowest BCUT2D eigenvalue weighted by atomic mass is 9.92. The fourth-order valence-corrected chi connectivity index (χ4v) is 8.38. The Balaban J connectivity index is 0.000000152. The van der Waals surface area contributed by atoms with E-state index in [0.717, 1.165) is 48.5 Å². The Labute approximate surface area is 289 Å². The minimum absolute atomic E-state index is 0.0203. The second-order valence-electron chi connectivity index (χ2n) is 11.9. The number of nitrogens with zero attached hydrogens (tertiary/aromatic N) is 2. The van der Waals surface area contributed by atoms with E-state index >= 15 is 0 Å². The highest BCUT2D eigenvalue weighted by atomic mass is 32.1. The second kappa shape index (κ2) is 13.9. The fraction of sp³-hybridized carbons (Fsp3) is 0.150. The lowest BCUT2D eigenvalue weighted by Gasteiger charge is -2.36. The fourth-order valence-electron chi connectivity index (χ4n) is 6.57. The normalized spacial score (nSPS) is 19.5. The molecule has 2 N–H and O–H groups in total. The lowest BCUT2D eigenvalue weighted by molar-refractivity contribution is -0.129. The smallest absolute Gasteiger partial charge is 0.256 e. The molecule has 0 spiro atoms. The average Bonchev–Trinajstić information content (AvgIpc) is 3.82. The molecular weight excluding hydrogens is 633 g/mol. The molecule has 2 atom stereocenters. The van der Waals surface area contributed by atoms with Gasteiger partial charge in [0.1, 0.15) is 0 Å². The molecule has 240 valence electrons. The van der Waals surface area contributed by atoms with Crippen molar-refractivity contribution < 1.29 is 9.59 Å². The van der Waals surface area contributed by atoms with Crippen LogP contribution in [-0.4, -0.2) is 34.7 Å². The van der Waals surface area contributed by atoms with Gasteiger partial charge in [0.15, 0.2) is 0 Å². The van der Waals surface area contributed by atoms with Crippen LogP contribution in [0.15, 0.2) is 156 Å². The summed E-state index contributed by atoms with van der Waals surface area (Å²) in [6.45, 7) is 9.15. The first-order valence-corrected chi connectivity index (χ1v) is 17.8. The Bertz CT molecular complexity index is 1840. The highest BCUT2D eigenvalue weighted by Crippen LogP contribution is 2.40. The molecule has 0 fully saturated rings. The molecule has 8 heteroatoms. The van der Waals surface area contributed by atoms with Crippen LogP contribution in [0.25, 0.3) is 0 Å². The summed E-state index contributed by atoms with van der Waals surface area (Å²) >= 11 is 3.57. The van der Waals surface area contributed by atoms with Crippen LogP contribution in [0.1, 0.15) is 44.1 Å². The number of amides is 2. The minimum Gasteiger partial charge on any atom is -0.361 e. The van der Waals surface area contributed by atoms with Crippen LogP contribution in [0.5, 0.6) is 0 Å². The number of carbonyl (C=O) groups excluding carboxylic acids is 2. The Kier molecular flexibility index (Phi) is 9.09. The van der Waals surface area contributed by atoms with Crippen LogP contribution in [0, 0.1) is 0 Å². The first-order valence-electron chi connectivity index (χ1n) is 16.0. The van der Waals surface area contributed by atoms with Gasteiger partial charge in [0.2, 0.25) is 0 Å². The largest absolute Gasteiger partial charge is 0.361 e. The van der Waals surface area contributed by atoms with E-state index in [1.807, 2.05) is 70.5 Å². The third-order valence-corrected chi connectivity index (χ3v) is 10.9. The monoisotopic (exact) mass is 668 g/mol. The molecule has 2 amide bonds. The molecule has 8 rings (SSSR count).